The van der Waals surface area contributed by atoms with Crippen molar-refractivity contribution in [3.63, 3.8) is 0 Å². The maximum atomic E-state index is 11.2. The van der Waals surface area contributed by atoms with Gasteiger partial charge in [-0.05, 0) is 13.0 Å². The smallest absolute Gasteiger partial charge is 0.313 e. The number of fused-ring (bicyclic) bond motifs is 1. The third-order valence-corrected chi connectivity index (χ3v) is 2.52. The van der Waals surface area contributed by atoms with Crippen LogP contribution in [0.5, 0.6) is 0 Å². The summed E-state index contributed by atoms with van der Waals surface area (Å²) in [6, 6.07) is 1.55. The van der Waals surface area contributed by atoms with Crippen molar-refractivity contribution >= 4 is 17.3 Å². The van der Waals surface area contributed by atoms with Crippen molar-refractivity contribution in [1.82, 2.24) is 14.6 Å². The van der Waals surface area contributed by atoms with Gasteiger partial charge in [0.1, 0.15) is 12.2 Å². The van der Waals surface area contributed by atoms with Gasteiger partial charge in [0.05, 0.1) is 18.2 Å². The van der Waals surface area contributed by atoms with Crippen LogP contribution < -0.4 is 0 Å². The summed E-state index contributed by atoms with van der Waals surface area (Å²) >= 11 is 0. The fourth-order valence-electron chi connectivity index (χ4n) is 1.58. The van der Waals surface area contributed by atoms with Gasteiger partial charge in [0.15, 0.2) is 5.65 Å². The van der Waals surface area contributed by atoms with Crippen LogP contribution in [0.1, 0.15) is 11.4 Å². The number of aryl methyl sites for hydroxylation is 1. The van der Waals surface area contributed by atoms with E-state index in [1.807, 2.05) is 0 Å². The maximum Gasteiger partial charge on any atom is 0.313 e. The molecule has 0 bridgehead atoms. The van der Waals surface area contributed by atoms with E-state index >= 15 is 0 Å². The predicted octanol–water partition coefficient (Wildman–Crippen LogP) is 0.661. The molecule has 0 fully saturated rings. The Hall–Kier alpha value is -2.51. The summed E-state index contributed by atoms with van der Waals surface area (Å²) in [5.74, 6) is -0.174. The third-order valence-electron chi connectivity index (χ3n) is 2.52. The lowest BCUT2D eigenvalue weighted by atomic mass is 10.2. The second-order valence-corrected chi connectivity index (χ2v) is 3.70. The first-order valence-electron chi connectivity index (χ1n) is 5.08. The summed E-state index contributed by atoms with van der Waals surface area (Å²) < 4.78 is 5.94. The molecule has 0 saturated heterocycles. The Balaban J connectivity index is 2.54. The molecule has 0 atom stereocenters. The molecular formula is C10H10N4O4. The number of ether oxygens (including phenoxy) is 1. The molecular weight excluding hydrogens is 240 g/mol. The van der Waals surface area contributed by atoms with Crippen LogP contribution in [0, 0.1) is 17.0 Å². The number of rotatable bonds is 3. The highest BCUT2D eigenvalue weighted by Gasteiger charge is 2.17. The molecule has 0 aliphatic heterocycles. The van der Waals surface area contributed by atoms with Crippen molar-refractivity contribution in [2.24, 2.45) is 0 Å². The highest BCUT2D eigenvalue weighted by atomic mass is 16.6. The first kappa shape index (κ1) is 12.0. The van der Waals surface area contributed by atoms with Gasteiger partial charge >= 0.3 is 5.97 Å². The van der Waals surface area contributed by atoms with Crippen LogP contribution >= 0.6 is 0 Å². The lowest BCUT2D eigenvalue weighted by molar-refractivity contribution is -0.385. The number of nitro groups is 1. The van der Waals surface area contributed by atoms with Crippen molar-refractivity contribution in [3.8, 4) is 0 Å². The van der Waals surface area contributed by atoms with Crippen LogP contribution in [0.3, 0.4) is 0 Å². The largest absolute Gasteiger partial charge is 0.469 e. The van der Waals surface area contributed by atoms with Crippen molar-refractivity contribution < 1.29 is 14.5 Å². The SMILES string of the molecule is COC(=O)Cc1nnc2cc(C)c([N+](=O)[O-])cn12. The van der Waals surface area contributed by atoms with Crippen molar-refractivity contribution in [2.75, 3.05) is 7.11 Å². The minimum Gasteiger partial charge on any atom is -0.469 e. The predicted molar refractivity (Wildman–Crippen MR) is 60.1 cm³/mol. The van der Waals surface area contributed by atoms with Crippen LogP contribution in [0.2, 0.25) is 0 Å². The maximum absolute atomic E-state index is 11.2. The van der Waals surface area contributed by atoms with E-state index in [0.717, 1.165) is 0 Å². The second-order valence-electron chi connectivity index (χ2n) is 3.70. The van der Waals surface area contributed by atoms with E-state index in [1.54, 1.807) is 13.0 Å². The monoisotopic (exact) mass is 250 g/mol. The van der Waals surface area contributed by atoms with Gasteiger partial charge in [0.25, 0.3) is 5.69 Å². The Morgan fingerprint density at radius 3 is 2.89 bits per heavy atom. The van der Waals surface area contributed by atoms with Gasteiger partial charge in [0, 0.05) is 5.56 Å². The van der Waals surface area contributed by atoms with Crippen LogP contribution in [0.15, 0.2) is 12.3 Å². The Morgan fingerprint density at radius 1 is 1.56 bits per heavy atom. The van der Waals surface area contributed by atoms with Crippen LogP contribution in [0.4, 0.5) is 5.69 Å². The van der Waals surface area contributed by atoms with E-state index in [1.165, 1.54) is 17.7 Å². The van der Waals surface area contributed by atoms with Crippen LogP contribution in [0.25, 0.3) is 5.65 Å². The standard InChI is InChI=1S/C10H10N4O4/c1-6-3-8-11-12-9(4-10(15)18-2)13(8)5-7(6)14(16)17/h3,5H,4H2,1-2H3. The molecule has 0 aromatic carbocycles. The van der Waals surface area contributed by atoms with Crippen molar-refractivity contribution in [2.45, 2.75) is 13.3 Å². The zero-order valence-corrected chi connectivity index (χ0v) is 9.78. The average Bonchev–Trinajstić information content (AvgIpc) is 2.70. The van der Waals surface area contributed by atoms with E-state index in [0.29, 0.717) is 17.0 Å². The van der Waals surface area contributed by atoms with E-state index in [4.69, 9.17) is 0 Å². The normalized spacial score (nSPS) is 10.6. The number of hydrogen-bond donors (Lipinski definition) is 0. The summed E-state index contributed by atoms with van der Waals surface area (Å²) in [7, 11) is 1.26. The summed E-state index contributed by atoms with van der Waals surface area (Å²) in [6.07, 6.45) is 1.22. The lowest BCUT2D eigenvalue weighted by Gasteiger charge is -2.01. The van der Waals surface area contributed by atoms with Crippen LogP contribution in [-0.4, -0.2) is 32.6 Å². The number of pyridine rings is 1. The number of esters is 1. The number of carbonyl (C=O) groups is 1. The van der Waals surface area contributed by atoms with Gasteiger partial charge in [-0.1, -0.05) is 0 Å². The molecule has 0 amide bonds. The number of methoxy groups -OCH3 is 1. The van der Waals surface area contributed by atoms with Gasteiger partial charge in [-0.15, -0.1) is 10.2 Å². The Morgan fingerprint density at radius 2 is 2.28 bits per heavy atom. The number of carbonyl (C=O) groups excluding carboxylic acids is 1. The Kier molecular flexibility index (Phi) is 2.92. The molecule has 2 rings (SSSR count). The fourth-order valence-corrected chi connectivity index (χ4v) is 1.58. The van der Waals surface area contributed by atoms with Gasteiger partial charge in [-0.2, -0.15) is 0 Å². The molecule has 94 valence electrons. The second kappa shape index (κ2) is 4.40. The quantitative estimate of drug-likeness (QED) is 0.450. The van der Waals surface area contributed by atoms with E-state index in [2.05, 4.69) is 14.9 Å². The molecule has 0 aliphatic carbocycles. The molecule has 8 heteroatoms. The minimum atomic E-state index is -0.489. The summed E-state index contributed by atoms with van der Waals surface area (Å²) in [5, 5.41) is 18.5. The molecule has 18 heavy (non-hydrogen) atoms. The molecule has 0 radical (unpaired) electrons. The average molecular weight is 250 g/mol. The zero-order chi connectivity index (χ0) is 13.3. The minimum absolute atomic E-state index is 0.0478. The van der Waals surface area contributed by atoms with Gasteiger partial charge in [0.2, 0.25) is 0 Å². The molecule has 2 aromatic rings. The molecule has 8 nitrogen and oxygen atoms in total. The van der Waals surface area contributed by atoms with Crippen molar-refractivity contribution in [1.29, 1.82) is 0 Å². The van der Waals surface area contributed by atoms with Crippen molar-refractivity contribution in [3.05, 3.63) is 33.8 Å². The lowest BCUT2D eigenvalue weighted by Crippen LogP contribution is -2.08. The first-order valence-corrected chi connectivity index (χ1v) is 5.08. The zero-order valence-electron chi connectivity index (χ0n) is 9.78. The molecule has 0 spiro atoms. The Labute approximate surface area is 101 Å². The fraction of sp³-hybridized carbons (Fsp3) is 0.300. The molecule has 0 aliphatic rings. The molecule has 0 N–H and O–H groups in total. The summed E-state index contributed by atoms with van der Waals surface area (Å²) in [6.45, 7) is 1.62. The van der Waals surface area contributed by atoms with Crippen LogP contribution in [-0.2, 0) is 16.0 Å². The number of aromatic nitrogens is 3. The topological polar surface area (TPSA) is 99.6 Å². The highest BCUT2D eigenvalue weighted by molar-refractivity contribution is 5.71. The number of hydrogen-bond acceptors (Lipinski definition) is 6. The van der Waals surface area contributed by atoms with Gasteiger partial charge in [-0.25, -0.2) is 0 Å². The van der Waals surface area contributed by atoms with Gasteiger partial charge in [-0.3, -0.25) is 19.3 Å². The van der Waals surface area contributed by atoms with E-state index in [9.17, 15) is 14.9 Å². The molecule has 2 heterocycles. The third kappa shape index (κ3) is 1.99. The molecule has 0 saturated carbocycles. The highest BCUT2D eigenvalue weighted by Crippen LogP contribution is 2.19. The summed E-state index contributed by atoms with van der Waals surface area (Å²) in [4.78, 5) is 21.5. The summed E-state index contributed by atoms with van der Waals surface area (Å²) in [5.41, 5.74) is 0.898. The van der Waals surface area contributed by atoms with Gasteiger partial charge < -0.3 is 4.74 Å². The molecule has 2 aromatic heterocycles. The molecule has 0 unspecified atom stereocenters. The van der Waals surface area contributed by atoms with E-state index in [-0.39, 0.29) is 12.1 Å². The first-order chi connectivity index (χ1) is 8.52. The Bertz CT molecular complexity index is 634. The van der Waals surface area contributed by atoms with E-state index < -0.39 is 10.9 Å². The number of nitrogens with zero attached hydrogens (tertiary/aromatic N) is 4.